The highest BCUT2D eigenvalue weighted by Gasteiger charge is 2.18. The van der Waals surface area contributed by atoms with E-state index in [1.165, 1.54) is 0 Å². The SMILES string of the molecule is C=C(C)[C@H]1CC=C(C)/C(=N\NC(=O)Nc2ccccc2)C1. The van der Waals surface area contributed by atoms with Gasteiger partial charge in [0.15, 0.2) is 0 Å². The Balaban J connectivity index is 1.96. The van der Waals surface area contributed by atoms with Gasteiger partial charge in [0.25, 0.3) is 0 Å². The Bertz CT molecular complexity index is 587. The van der Waals surface area contributed by atoms with Crippen LogP contribution < -0.4 is 10.7 Å². The second-order valence-corrected chi connectivity index (χ2v) is 5.36. The van der Waals surface area contributed by atoms with Gasteiger partial charge in [-0.05, 0) is 50.3 Å². The van der Waals surface area contributed by atoms with E-state index < -0.39 is 0 Å². The predicted molar refractivity (Wildman–Crippen MR) is 87.3 cm³/mol. The Morgan fingerprint density at radius 3 is 2.71 bits per heavy atom. The molecule has 1 atom stereocenters. The van der Waals surface area contributed by atoms with E-state index in [2.05, 4.69) is 28.5 Å². The van der Waals surface area contributed by atoms with E-state index in [4.69, 9.17) is 0 Å². The molecular weight excluding hydrogens is 262 g/mol. The minimum atomic E-state index is -0.334. The lowest BCUT2D eigenvalue weighted by Crippen LogP contribution is -2.27. The molecule has 4 heteroatoms. The molecule has 2 N–H and O–H groups in total. The molecule has 1 aliphatic carbocycles. The number of amides is 2. The molecule has 4 nitrogen and oxygen atoms in total. The molecule has 0 heterocycles. The zero-order valence-corrected chi connectivity index (χ0v) is 12.5. The maximum atomic E-state index is 11.8. The number of hydrogen-bond donors (Lipinski definition) is 2. The van der Waals surface area contributed by atoms with Crippen molar-refractivity contribution in [3.05, 3.63) is 54.1 Å². The molecule has 0 unspecified atom stereocenters. The van der Waals surface area contributed by atoms with Gasteiger partial charge in [-0.2, -0.15) is 5.10 Å². The van der Waals surface area contributed by atoms with Crippen LogP contribution in [0, 0.1) is 5.92 Å². The van der Waals surface area contributed by atoms with Crippen molar-refractivity contribution >= 4 is 17.4 Å². The van der Waals surface area contributed by atoms with Gasteiger partial charge in [0, 0.05) is 5.69 Å². The van der Waals surface area contributed by atoms with Gasteiger partial charge in [-0.3, -0.25) is 0 Å². The normalized spacial score (nSPS) is 19.8. The van der Waals surface area contributed by atoms with Crippen LogP contribution in [0.3, 0.4) is 0 Å². The Kier molecular flexibility index (Phi) is 4.93. The summed E-state index contributed by atoms with van der Waals surface area (Å²) in [6, 6.07) is 8.96. The molecule has 0 saturated carbocycles. The zero-order chi connectivity index (χ0) is 15.2. The number of para-hydroxylation sites is 1. The van der Waals surface area contributed by atoms with Gasteiger partial charge in [0.2, 0.25) is 0 Å². The highest BCUT2D eigenvalue weighted by Crippen LogP contribution is 2.26. The number of hydrazone groups is 1. The topological polar surface area (TPSA) is 53.5 Å². The van der Waals surface area contributed by atoms with Gasteiger partial charge in [0.05, 0.1) is 5.71 Å². The molecule has 0 radical (unpaired) electrons. The van der Waals surface area contributed by atoms with Gasteiger partial charge in [-0.1, -0.05) is 36.4 Å². The van der Waals surface area contributed by atoms with E-state index >= 15 is 0 Å². The highest BCUT2D eigenvalue weighted by atomic mass is 16.2. The average molecular weight is 283 g/mol. The van der Waals surface area contributed by atoms with Gasteiger partial charge >= 0.3 is 6.03 Å². The third kappa shape index (κ3) is 4.31. The van der Waals surface area contributed by atoms with Crippen LogP contribution in [-0.2, 0) is 0 Å². The van der Waals surface area contributed by atoms with Crippen molar-refractivity contribution in [2.45, 2.75) is 26.7 Å². The van der Waals surface area contributed by atoms with Crippen molar-refractivity contribution in [2.24, 2.45) is 11.0 Å². The lowest BCUT2D eigenvalue weighted by atomic mass is 9.85. The van der Waals surface area contributed by atoms with E-state index in [0.717, 1.165) is 35.4 Å². The number of allylic oxidation sites excluding steroid dienone is 3. The summed E-state index contributed by atoms with van der Waals surface area (Å²) in [6.45, 7) is 8.06. The molecule has 0 aliphatic heterocycles. The third-order valence-electron chi connectivity index (χ3n) is 3.62. The maximum absolute atomic E-state index is 11.8. The molecule has 0 saturated heterocycles. The standard InChI is InChI=1S/C17H21N3O/c1-12(2)14-10-9-13(3)16(11-14)19-20-17(21)18-15-7-5-4-6-8-15/h4-9,14H,1,10-11H2,2-3H3,(H2,18,20,21)/b19-16-/t14-/m0/s1. The van der Waals surface area contributed by atoms with Gasteiger partial charge in [-0.25, -0.2) is 10.2 Å². The molecule has 1 aliphatic rings. The van der Waals surface area contributed by atoms with Crippen molar-refractivity contribution in [1.82, 2.24) is 5.43 Å². The summed E-state index contributed by atoms with van der Waals surface area (Å²) in [7, 11) is 0. The number of carbonyl (C=O) groups is 1. The molecule has 0 spiro atoms. The lowest BCUT2D eigenvalue weighted by Gasteiger charge is -2.22. The predicted octanol–water partition coefficient (Wildman–Crippen LogP) is 4.10. The Hall–Kier alpha value is -2.36. The second-order valence-electron chi connectivity index (χ2n) is 5.36. The summed E-state index contributed by atoms with van der Waals surface area (Å²) in [4.78, 5) is 11.8. The molecule has 1 aromatic carbocycles. The molecular formula is C17H21N3O. The summed E-state index contributed by atoms with van der Waals surface area (Å²) >= 11 is 0. The lowest BCUT2D eigenvalue weighted by molar-refractivity contribution is 0.252. The average Bonchev–Trinajstić information content (AvgIpc) is 2.47. The van der Waals surface area contributed by atoms with Gasteiger partial charge in [-0.15, -0.1) is 0 Å². The number of benzene rings is 1. The first-order valence-electron chi connectivity index (χ1n) is 7.07. The number of rotatable bonds is 3. The first-order chi connectivity index (χ1) is 10.1. The van der Waals surface area contributed by atoms with Crippen molar-refractivity contribution in [2.75, 3.05) is 5.32 Å². The number of hydrogen-bond acceptors (Lipinski definition) is 2. The van der Waals surface area contributed by atoms with Gasteiger partial charge < -0.3 is 5.32 Å². The molecule has 1 aromatic rings. The van der Waals surface area contributed by atoms with Crippen LogP contribution in [0.4, 0.5) is 10.5 Å². The van der Waals surface area contributed by atoms with Crippen LogP contribution in [0.2, 0.25) is 0 Å². The van der Waals surface area contributed by atoms with E-state index in [1.807, 2.05) is 44.2 Å². The Morgan fingerprint density at radius 1 is 1.33 bits per heavy atom. The molecule has 0 aromatic heterocycles. The van der Waals surface area contributed by atoms with Crippen molar-refractivity contribution < 1.29 is 4.79 Å². The number of urea groups is 1. The molecule has 2 amide bonds. The first-order valence-corrected chi connectivity index (χ1v) is 7.07. The van der Waals surface area contributed by atoms with E-state index in [1.54, 1.807) is 0 Å². The third-order valence-corrected chi connectivity index (χ3v) is 3.62. The summed E-state index contributed by atoms with van der Waals surface area (Å²) in [6.07, 6.45) is 3.97. The summed E-state index contributed by atoms with van der Waals surface area (Å²) < 4.78 is 0. The molecule has 2 rings (SSSR count). The number of nitrogens with one attached hydrogen (secondary N) is 2. The highest BCUT2D eigenvalue weighted by molar-refractivity contribution is 6.01. The Labute approximate surface area is 125 Å². The molecule has 21 heavy (non-hydrogen) atoms. The minimum Gasteiger partial charge on any atom is -0.307 e. The zero-order valence-electron chi connectivity index (χ0n) is 12.5. The number of carbonyl (C=O) groups excluding carboxylic acids is 1. The van der Waals surface area contributed by atoms with Crippen LogP contribution in [0.15, 0.2) is 59.2 Å². The molecule has 0 bridgehead atoms. The fraction of sp³-hybridized carbons (Fsp3) is 0.294. The van der Waals surface area contributed by atoms with Crippen LogP contribution in [0.5, 0.6) is 0 Å². The van der Waals surface area contributed by atoms with E-state index in [0.29, 0.717) is 5.92 Å². The minimum absolute atomic E-state index is 0.334. The van der Waals surface area contributed by atoms with Crippen LogP contribution in [0.25, 0.3) is 0 Å². The fourth-order valence-electron chi connectivity index (χ4n) is 2.22. The van der Waals surface area contributed by atoms with E-state index in [-0.39, 0.29) is 6.03 Å². The first kappa shape index (κ1) is 15.0. The summed E-state index contributed by atoms with van der Waals surface area (Å²) in [5.74, 6) is 0.409. The summed E-state index contributed by atoms with van der Waals surface area (Å²) in [5.41, 5.74) is 6.49. The van der Waals surface area contributed by atoms with Crippen molar-refractivity contribution in [3.8, 4) is 0 Å². The van der Waals surface area contributed by atoms with Crippen LogP contribution in [0.1, 0.15) is 26.7 Å². The summed E-state index contributed by atoms with van der Waals surface area (Å²) in [5, 5.41) is 6.97. The second kappa shape index (κ2) is 6.88. The van der Waals surface area contributed by atoms with Crippen molar-refractivity contribution in [1.29, 1.82) is 0 Å². The molecule has 110 valence electrons. The Morgan fingerprint density at radius 2 is 2.05 bits per heavy atom. The number of nitrogens with zero attached hydrogens (tertiary/aromatic N) is 1. The van der Waals surface area contributed by atoms with Crippen LogP contribution >= 0.6 is 0 Å². The van der Waals surface area contributed by atoms with Crippen LogP contribution in [-0.4, -0.2) is 11.7 Å². The quantitative estimate of drug-likeness (QED) is 0.637. The largest absolute Gasteiger partial charge is 0.339 e. The smallest absolute Gasteiger partial charge is 0.307 e. The van der Waals surface area contributed by atoms with Crippen molar-refractivity contribution in [3.63, 3.8) is 0 Å². The van der Waals surface area contributed by atoms with Gasteiger partial charge in [0.1, 0.15) is 0 Å². The number of anilines is 1. The monoisotopic (exact) mass is 283 g/mol. The fourth-order valence-corrected chi connectivity index (χ4v) is 2.22. The van der Waals surface area contributed by atoms with E-state index in [9.17, 15) is 4.79 Å². The maximum Gasteiger partial charge on any atom is 0.339 e. The molecule has 0 fully saturated rings.